The maximum atomic E-state index is 6.01. The number of dihydropyridines is 1. The summed E-state index contributed by atoms with van der Waals surface area (Å²) in [5, 5.41) is 4.17. The second-order valence-electron chi connectivity index (χ2n) is 4.10. The minimum Gasteiger partial charge on any atom is -0.363 e. The van der Waals surface area contributed by atoms with E-state index in [1.165, 1.54) is 17.0 Å². The Morgan fingerprint density at radius 2 is 2.12 bits per heavy atom. The van der Waals surface area contributed by atoms with Crippen LogP contribution in [-0.4, -0.2) is 0 Å². The molecule has 1 aliphatic heterocycles. The van der Waals surface area contributed by atoms with Gasteiger partial charge in [0.25, 0.3) is 0 Å². The largest absolute Gasteiger partial charge is 0.363 e. The number of allylic oxidation sites excluding steroid dienone is 4. The third kappa shape index (κ3) is 2.48. The first-order valence-electron chi connectivity index (χ1n) is 5.60. The van der Waals surface area contributed by atoms with Gasteiger partial charge in [0.05, 0.1) is 0 Å². The zero-order valence-corrected chi connectivity index (χ0v) is 10.4. The molecular weight excluding hydrogens is 218 g/mol. The first kappa shape index (κ1) is 11.3. The fourth-order valence-corrected chi connectivity index (χ4v) is 2.18. The molecule has 1 nitrogen and oxygen atoms in total. The van der Waals surface area contributed by atoms with Gasteiger partial charge in [-0.3, -0.25) is 0 Å². The predicted octanol–water partition coefficient (Wildman–Crippen LogP) is 4.22. The van der Waals surface area contributed by atoms with Crippen LogP contribution in [0, 0.1) is 0 Å². The maximum absolute atomic E-state index is 6.01. The van der Waals surface area contributed by atoms with E-state index in [-0.39, 0.29) is 0 Å². The number of hydrogen-bond donors (Lipinski definition) is 1. The van der Waals surface area contributed by atoms with E-state index in [0.717, 1.165) is 11.4 Å². The van der Waals surface area contributed by atoms with Crippen LogP contribution in [0.15, 0.2) is 47.8 Å². The number of rotatable bonds is 2. The molecule has 0 fully saturated rings. The molecule has 1 heterocycles. The van der Waals surface area contributed by atoms with E-state index in [1.807, 2.05) is 18.2 Å². The molecule has 1 unspecified atom stereocenters. The first-order chi connectivity index (χ1) is 7.69. The highest BCUT2D eigenvalue weighted by atomic mass is 35.5. The van der Waals surface area contributed by atoms with Gasteiger partial charge in [-0.15, -0.1) is 0 Å². The lowest BCUT2D eigenvalue weighted by Crippen LogP contribution is -2.16. The van der Waals surface area contributed by atoms with Gasteiger partial charge < -0.3 is 5.32 Å². The molecule has 2 rings (SSSR count). The molecule has 0 amide bonds. The molecule has 1 aromatic carbocycles. The third-order valence-corrected chi connectivity index (χ3v) is 3.02. The van der Waals surface area contributed by atoms with Gasteiger partial charge in [0.15, 0.2) is 0 Å². The van der Waals surface area contributed by atoms with E-state index < -0.39 is 0 Å². The Balaban J connectivity index is 2.33. The van der Waals surface area contributed by atoms with Crippen molar-refractivity contribution in [2.75, 3.05) is 0 Å². The lowest BCUT2D eigenvalue weighted by molar-refractivity contribution is 0.822. The lowest BCUT2D eigenvalue weighted by Gasteiger charge is -2.21. The average molecular weight is 234 g/mol. The minimum absolute atomic E-state index is 0.342. The summed E-state index contributed by atoms with van der Waals surface area (Å²) in [6.07, 6.45) is 5.52. The second-order valence-corrected chi connectivity index (χ2v) is 4.54. The summed E-state index contributed by atoms with van der Waals surface area (Å²) < 4.78 is 0. The standard InChI is InChI=1S/C14H16ClN/c1-3-14-9-12(7-10(2)16-14)11-5-4-6-13(15)8-11/h4-9,12,16H,3H2,1-2H3. The highest BCUT2D eigenvalue weighted by molar-refractivity contribution is 6.30. The number of nitrogens with one attached hydrogen (secondary N) is 1. The Kier molecular flexibility index (Phi) is 3.35. The van der Waals surface area contributed by atoms with Gasteiger partial charge in [-0.2, -0.15) is 0 Å². The van der Waals surface area contributed by atoms with Crippen LogP contribution in [0.3, 0.4) is 0 Å². The zero-order valence-electron chi connectivity index (χ0n) is 9.63. The van der Waals surface area contributed by atoms with Crippen molar-refractivity contribution in [1.82, 2.24) is 5.32 Å². The van der Waals surface area contributed by atoms with Gasteiger partial charge in [0.1, 0.15) is 0 Å². The van der Waals surface area contributed by atoms with Crippen molar-refractivity contribution in [2.24, 2.45) is 0 Å². The van der Waals surface area contributed by atoms with E-state index in [9.17, 15) is 0 Å². The van der Waals surface area contributed by atoms with Crippen molar-refractivity contribution in [3.63, 3.8) is 0 Å². The van der Waals surface area contributed by atoms with Gasteiger partial charge >= 0.3 is 0 Å². The fraction of sp³-hybridized carbons (Fsp3) is 0.286. The van der Waals surface area contributed by atoms with Crippen molar-refractivity contribution < 1.29 is 0 Å². The molecule has 0 bridgehead atoms. The Morgan fingerprint density at radius 3 is 2.81 bits per heavy atom. The number of hydrogen-bond acceptors (Lipinski definition) is 1. The van der Waals surface area contributed by atoms with Crippen LogP contribution in [0.25, 0.3) is 0 Å². The zero-order chi connectivity index (χ0) is 11.5. The van der Waals surface area contributed by atoms with Crippen LogP contribution < -0.4 is 5.32 Å². The number of benzene rings is 1. The molecule has 1 N–H and O–H groups in total. The smallest absolute Gasteiger partial charge is 0.0409 e. The molecule has 0 aliphatic carbocycles. The van der Waals surface area contributed by atoms with Crippen molar-refractivity contribution in [3.8, 4) is 0 Å². The average Bonchev–Trinajstić information content (AvgIpc) is 2.28. The van der Waals surface area contributed by atoms with E-state index in [2.05, 4.69) is 37.4 Å². The van der Waals surface area contributed by atoms with Crippen molar-refractivity contribution >= 4 is 11.6 Å². The molecule has 16 heavy (non-hydrogen) atoms. The number of halogens is 1. The summed E-state index contributed by atoms with van der Waals surface area (Å²) in [7, 11) is 0. The molecule has 0 radical (unpaired) electrons. The highest BCUT2D eigenvalue weighted by Gasteiger charge is 2.12. The molecule has 0 spiro atoms. The minimum atomic E-state index is 0.342. The summed E-state index contributed by atoms with van der Waals surface area (Å²) in [6.45, 7) is 4.26. The van der Waals surface area contributed by atoms with Gasteiger partial charge in [0.2, 0.25) is 0 Å². The Bertz CT molecular complexity index is 446. The second kappa shape index (κ2) is 4.75. The van der Waals surface area contributed by atoms with E-state index in [0.29, 0.717) is 5.92 Å². The molecule has 2 heteroatoms. The SMILES string of the molecule is CCC1=CC(c2cccc(Cl)c2)C=C(C)N1. The van der Waals surface area contributed by atoms with Gasteiger partial charge in [-0.25, -0.2) is 0 Å². The topological polar surface area (TPSA) is 12.0 Å². The molecular formula is C14H16ClN. The third-order valence-electron chi connectivity index (χ3n) is 2.78. The van der Waals surface area contributed by atoms with Gasteiger partial charge in [0, 0.05) is 22.3 Å². The van der Waals surface area contributed by atoms with Gasteiger partial charge in [-0.1, -0.05) is 42.8 Å². The van der Waals surface area contributed by atoms with Crippen molar-refractivity contribution in [1.29, 1.82) is 0 Å². The normalized spacial score (nSPS) is 19.8. The summed E-state index contributed by atoms with van der Waals surface area (Å²) in [5.74, 6) is 0.342. The lowest BCUT2D eigenvalue weighted by atomic mass is 9.94. The summed E-state index contributed by atoms with van der Waals surface area (Å²) >= 11 is 6.01. The van der Waals surface area contributed by atoms with Gasteiger partial charge in [-0.05, 0) is 31.0 Å². The van der Waals surface area contributed by atoms with Crippen LogP contribution >= 0.6 is 11.6 Å². The summed E-state index contributed by atoms with van der Waals surface area (Å²) in [4.78, 5) is 0. The molecule has 1 aliphatic rings. The van der Waals surface area contributed by atoms with Crippen LogP contribution in [0.1, 0.15) is 31.7 Å². The van der Waals surface area contributed by atoms with Crippen LogP contribution in [0.4, 0.5) is 0 Å². The van der Waals surface area contributed by atoms with E-state index in [1.54, 1.807) is 0 Å². The Morgan fingerprint density at radius 1 is 1.31 bits per heavy atom. The van der Waals surface area contributed by atoms with E-state index in [4.69, 9.17) is 11.6 Å². The Labute approximate surface area is 102 Å². The molecule has 1 atom stereocenters. The predicted molar refractivity (Wildman–Crippen MR) is 69.5 cm³/mol. The summed E-state index contributed by atoms with van der Waals surface area (Å²) in [5.41, 5.74) is 3.74. The van der Waals surface area contributed by atoms with Crippen molar-refractivity contribution in [3.05, 3.63) is 58.4 Å². The van der Waals surface area contributed by atoms with E-state index >= 15 is 0 Å². The highest BCUT2D eigenvalue weighted by Crippen LogP contribution is 2.27. The quantitative estimate of drug-likeness (QED) is 0.806. The molecule has 0 aromatic heterocycles. The molecule has 1 aromatic rings. The molecule has 0 saturated carbocycles. The van der Waals surface area contributed by atoms with Crippen LogP contribution in [0.5, 0.6) is 0 Å². The molecule has 0 saturated heterocycles. The first-order valence-corrected chi connectivity index (χ1v) is 5.98. The van der Waals surface area contributed by atoms with Crippen LogP contribution in [0.2, 0.25) is 5.02 Å². The van der Waals surface area contributed by atoms with Crippen molar-refractivity contribution in [2.45, 2.75) is 26.2 Å². The summed E-state index contributed by atoms with van der Waals surface area (Å²) in [6, 6.07) is 8.07. The maximum Gasteiger partial charge on any atom is 0.0409 e. The van der Waals surface area contributed by atoms with Crippen LogP contribution in [-0.2, 0) is 0 Å². The molecule has 84 valence electrons. The fourth-order valence-electron chi connectivity index (χ4n) is 1.98. The Hall–Kier alpha value is -1.21. The monoisotopic (exact) mass is 233 g/mol.